The third-order valence-corrected chi connectivity index (χ3v) is 2.87. The average Bonchev–Trinajstić information content (AvgIpc) is 2.42. The summed E-state index contributed by atoms with van der Waals surface area (Å²) in [5.74, 6) is 0.891. The van der Waals surface area contributed by atoms with E-state index >= 15 is 0 Å². The van der Waals surface area contributed by atoms with E-state index in [4.69, 9.17) is 0 Å². The van der Waals surface area contributed by atoms with Crippen LogP contribution in [0.25, 0.3) is 0 Å². The van der Waals surface area contributed by atoms with Gasteiger partial charge < -0.3 is 10.2 Å². The smallest absolute Gasteiger partial charge is 0.239 e. The molecule has 0 aromatic carbocycles. The molecule has 3 unspecified atom stereocenters. The molecule has 0 bridgehead atoms. The van der Waals surface area contributed by atoms with Gasteiger partial charge in [-0.05, 0) is 33.2 Å². The first-order valence-corrected chi connectivity index (χ1v) is 5.04. The second-order valence-electron chi connectivity index (χ2n) is 4.19. The van der Waals surface area contributed by atoms with E-state index in [1.54, 1.807) is 0 Å². The molecule has 1 saturated heterocycles. The number of hydrogen-bond acceptors (Lipinski definition) is 2. The molecule has 1 rings (SSSR count). The summed E-state index contributed by atoms with van der Waals surface area (Å²) in [5.41, 5.74) is 0. The minimum absolute atomic E-state index is 0.0484. The Morgan fingerprint density at radius 2 is 2.15 bits per heavy atom. The SMILES string of the molecule is CNC(C)C(=O)N1CC(C)CC1C. The van der Waals surface area contributed by atoms with E-state index in [1.807, 2.05) is 18.9 Å². The molecule has 0 spiro atoms. The zero-order valence-corrected chi connectivity index (χ0v) is 9.00. The number of carbonyl (C=O) groups is 1. The van der Waals surface area contributed by atoms with Crippen molar-refractivity contribution in [1.29, 1.82) is 0 Å². The predicted octanol–water partition coefficient (Wildman–Crippen LogP) is 0.851. The molecule has 3 atom stereocenters. The summed E-state index contributed by atoms with van der Waals surface area (Å²) in [6.45, 7) is 7.17. The van der Waals surface area contributed by atoms with Crippen LogP contribution in [0.3, 0.4) is 0 Å². The van der Waals surface area contributed by atoms with Gasteiger partial charge in [0.1, 0.15) is 0 Å². The lowest BCUT2D eigenvalue weighted by atomic mass is 10.1. The van der Waals surface area contributed by atoms with Crippen LogP contribution in [0.1, 0.15) is 27.2 Å². The van der Waals surface area contributed by atoms with E-state index in [1.165, 1.54) is 0 Å². The summed E-state index contributed by atoms with van der Waals surface area (Å²) in [6, 6.07) is 0.367. The maximum absolute atomic E-state index is 11.8. The topological polar surface area (TPSA) is 32.3 Å². The molecule has 1 N–H and O–H groups in total. The molecule has 1 heterocycles. The van der Waals surface area contributed by atoms with Gasteiger partial charge in [0.25, 0.3) is 0 Å². The summed E-state index contributed by atoms with van der Waals surface area (Å²) in [6.07, 6.45) is 1.14. The first-order chi connectivity index (χ1) is 6.06. The molecule has 76 valence electrons. The number of likely N-dealkylation sites (tertiary alicyclic amines) is 1. The largest absolute Gasteiger partial charge is 0.338 e. The number of rotatable bonds is 2. The fraction of sp³-hybridized carbons (Fsp3) is 0.900. The van der Waals surface area contributed by atoms with Gasteiger partial charge in [0.2, 0.25) is 5.91 Å². The molecule has 0 aromatic rings. The lowest BCUT2D eigenvalue weighted by molar-refractivity contribution is -0.133. The highest BCUT2D eigenvalue weighted by Gasteiger charge is 2.31. The van der Waals surface area contributed by atoms with E-state index < -0.39 is 0 Å². The number of amides is 1. The first kappa shape index (κ1) is 10.5. The Bertz CT molecular complexity index is 193. The van der Waals surface area contributed by atoms with Crippen LogP contribution in [0.2, 0.25) is 0 Å². The van der Waals surface area contributed by atoms with Gasteiger partial charge in [0.15, 0.2) is 0 Å². The predicted molar refractivity (Wildman–Crippen MR) is 53.5 cm³/mol. The quantitative estimate of drug-likeness (QED) is 0.690. The van der Waals surface area contributed by atoms with Crippen molar-refractivity contribution >= 4 is 5.91 Å². The van der Waals surface area contributed by atoms with Crippen LogP contribution in [0.15, 0.2) is 0 Å². The van der Waals surface area contributed by atoms with Gasteiger partial charge in [-0.1, -0.05) is 6.92 Å². The lowest BCUT2D eigenvalue weighted by Gasteiger charge is -2.24. The van der Waals surface area contributed by atoms with Crippen LogP contribution in [0.4, 0.5) is 0 Å². The van der Waals surface area contributed by atoms with Crippen molar-refractivity contribution in [2.75, 3.05) is 13.6 Å². The summed E-state index contributed by atoms with van der Waals surface area (Å²) in [4.78, 5) is 13.8. The van der Waals surface area contributed by atoms with Gasteiger partial charge in [-0.3, -0.25) is 4.79 Å². The van der Waals surface area contributed by atoms with E-state index in [-0.39, 0.29) is 11.9 Å². The Labute approximate surface area is 80.5 Å². The Morgan fingerprint density at radius 1 is 1.54 bits per heavy atom. The minimum atomic E-state index is -0.0484. The number of carbonyl (C=O) groups excluding carboxylic acids is 1. The van der Waals surface area contributed by atoms with Crippen LogP contribution < -0.4 is 5.32 Å². The number of nitrogens with zero attached hydrogens (tertiary/aromatic N) is 1. The number of hydrogen-bond donors (Lipinski definition) is 1. The molecule has 1 amide bonds. The highest BCUT2D eigenvalue weighted by molar-refractivity contribution is 5.82. The third-order valence-electron chi connectivity index (χ3n) is 2.87. The highest BCUT2D eigenvalue weighted by atomic mass is 16.2. The third kappa shape index (κ3) is 2.21. The van der Waals surface area contributed by atoms with Gasteiger partial charge in [0.05, 0.1) is 6.04 Å². The molecular weight excluding hydrogens is 164 g/mol. The first-order valence-electron chi connectivity index (χ1n) is 5.04. The molecule has 0 aliphatic carbocycles. The Morgan fingerprint density at radius 3 is 2.54 bits per heavy atom. The second kappa shape index (κ2) is 4.09. The lowest BCUT2D eigenvalue weighted by Crippen LogP contribution is -2.45. The molecule has 0 radical (unpaired) electrons. The summed E-state index contributed by atoms with van der Waals surface area (Å²) in [5, 5.41) is 2.99. The van der Waals surface area contributed by atoms with E-state index in [2.05, 4.69) is 19.2 Å². The van der Waals surface area contributed by atoms with Gasteiger partial charge in [-0.2, -0.15) is 0 Å². The summed E-state index contributed by atoms with van der Waals surface area (Å²) >= 11 is 0. The van der Waals surface area contributed by atoms with Gasteiger partial charge in [-0.25, -0.2) is 0 Å². The molecule has 3 nitrogen and oxygen atoms in total. The van der Waals surface area contributed by atoms with Gasteiger partial charge in [0, 0.05) is 12.6 Å². The molecule has 1 aliphatic rings. The van der Waals surface area contributed by atoms with E-state index in [9.17, 15) is 4.79 Å². The Kier molecular flexibility index (Phi) is 3.31. The standard InChI is InChI=1S/C10H20N2O/c1-7-5-8(2)12(6-7)10(13)9(3)11-4/h7-9,11H,5-6H2,1-4H3. The monoisotopic (exact) mass is 184 g/mol. The second-order valence-corrected chi connectivity index (χ2v) is 4.19. The summed E-state index contributed by atoms with van der Waals surface area (Å²) in [7, 11) is 1.83. The molecular formula is C10H20N2O. The van der Waals surface area contributed by atoms with Crippen molar-refractivity contribution in [3.63, 3.8) is 0 Å². The molecule has 13 heavy (non-hydrogen) atoms. The highest BCUT2D eigenvalue weighted by Crippen LogP contribution is 2.22. The maximum atomic E-state index is 11.8. The Balaban J connectivity index is 2.57. The average molecular weight is 184 g/mol. The van der Waals surface area contributed by atoms with Gasteiger partial charge >= 0.3 is 0 Å². The van der Waals surface area contributed by atoms with Gasteiger partial charge in [-0.15, -0.1) is 0 Å². The van der Waals surface area contributed by atoms with Crippen molar-refractivity contribution in [1.82, 2.24) is 10.2 Å². The van der Waals surface area contributed by atoms with Crippen molar-refractivity contribution in [2.24, 2.45) is 5.92 Å². The van der Waals surface area contributed by atoms with Crippen LogP contribution >= 0.6 is 0 Å². The fourth-order valence-electron chi connectivity index (χ4n) is 1.98. The van der Waals surface area contributed by atoms with Crippen molar-refractivity contribution in [3.05, 3.63) is 0 Å². The number of nitrogens with one attached hydrogen (secondary N) is 1. The molecule has 3 heteroatoms. The van der Waals surface area contributed by atoms with E-state index in [0.717, 1.165) is 13.0 Å². The molecule has 0 saturated carbocycles. The van der Waals surface area contributed by atoms with Crippen molar-refractivity contribution in [3.8, 4) is 0 Å². The van der Waals surface area contributed by atoms with Crippen LogP contribution in [-0.2, 0) is 4.79 Å². The summed E-state index contributed by atoms with van der Waals surface area (Å²) < 4.78 is 0. The zero-order valence-electron chi connectivity index (χ0n) is 9.00. The minimum Gasteiger partial charge on any atom is -0.338 e. The Hall–Kier alpha value is -0.570. The van der Waals surface area contributed by atoms with Crippen molar-refractivity contribution < 1.29 is 4.79 Å². The van der Waals surface area contributed by atoms with Crippen LogP contribution in [0, 0.1) is 5.92 Å². The molecule has 0 aromatic heterocycles. The number of likely N-dealkylation sites (N-methyl/N-ethyl adjacent to an activating group) is 1. The van der Waals surface area contributed by atoms with Crippen LogP contribution in [-0.4, -0.2) is 36.5 Å². The van der Waals surface area contributed by atoms with Crippen molar-refractivity contribution in [2.45, 2.75) is 39.3 Å². The normalized spacial score (nSPS) is 30.6. The van der Waals surface area contributed by atoms with E-state index in [0.29, 0.717) is 12.0 Å². The maximum Gasteiger partial charge on any atom is 0.239 e. The zero-order chi connectivity index (χ0) is 10.0. The molecule has 1 fully saturated rings. The fourth-order valence-corrected chi connectivity index (χ4v) is 1.98. The molecule has 1 aliphatic heterocycles. The van der Waals surface area contributed by atoms with Crippen LogP contribution in [0.5, 0.6) is 0 Å².